The third-order valence-corrected chi connectivity index (χ3v) is 4.57. The Labute approximate surface area is 143 Å². The molecule has 0 saturated carbocycles. The number of carbonyl (C=O) groups excluding carboxylic acids is 1. The van der Waals surface area contributed by atoms with E-state index < -0.39 is 29.2 Å². The number of carbonyl (C=O) groups is 1. The van der Waals surface area contributed by atoms with Crippen LogP contribution in [0.3, 0.4) is 0 Å². The highest BCUT2D eigenvalue weighted by atomic mass is 19.1. The lowest BCUT2D eigenvalue weighted by molar-refractivity contribution is -0.158. The van der Waals surface area contributed by atoms with Crippen LogP contribution in [0.1, 0.15) is 29.7 Å². The maximum atomic E-state index is 13.3. The predicted molar refractivity (Wildman–Crippen MR) is 88.6 cm³/mol. The molecule has 0 unspecified atom stereocenters. The van der Waals surface area contributed by atoms with Crippen molar-refractivity contribution in [1.29, 1.82) is 0 Å². The van der Waals surface area contributed by atoms with Crippen LogP contribution in [0.25, 0.3) is 0 Å². The highest BCUT2D eigenvalue weighted by Gasteiger charge is 2.51. The Balaban J connectivity index is 2.16. The molecular formula is C18H19FN2O4. The SMILES string of the molecule is C=CCOC(=O)[C@@H]1[C@@H](c2ccc(F)cc2)c2c([nH][nH]c2=O)C[C@@]1(C)O. The molecule has 1 aliphatic rings. The van der Waals surface area contributed by atoms with E-state index in [9.17, 15) is 19.1 Å². The highest BCUT2D eigenvalue weighted by molar-refractivity contribution is 5.77. The summed E-state index contributed by atoms with van der Waals surface area (Å²) in [7, 11) is 0. The minimum Gasteiger partial charge on any atom is -0.461 e. The number of halogens is 1. The van der Waals surface area contributed by atoms with Gasteiger partial charge in [0.25, 0.3) is 5.56 Å². The normalized spacial score (nSPS) is 25.2. The standard InChI is InChI=1S/C18H19FN2O4/c1-3-8-25-17(23)15-13(10-4-6-11(19)7-5-10)14-12(9-18(15,2)24)20-21-16(14)22/h3-7,13,15,24H,1,8-9H2,2H3,(H2,20,21,22)/t13-,15-,18+/m0/s1. The number of ether oxygens (including phenoxy) is 1. The first kappa shape index (κ1) is 17.2. The minimum atomic E-state index is -1.45. The van der Waals surface area contributed by atoms with Crippen LogP contribution < -0.4 is 5.56 Å². The summed E-state index contributed by atoms with van der Waals surface area (Å²) in [5.74, 6) is -2.83. The highest BCUT2D eigenvalue weighted by Crippen LogP contribution is 2.44. The molecule has 1 aliphatic carbocycles. The van der Waals surface area contributed by atoms with E-state index in [1.54, 1.807) is 0 Å². The third kappa shape index (κ3) is 3.02. The van der Waals surface area contributed by atoms with Crippen molar-refractivity contribution in [3.05, 3.63) is 69.9 Å². The molecule has 0 aliphatic heterocycles. The fourth-order valence-corrected chi connectivity index (χ4v) is 3.52. The monoisotopic (exact) mass is 346 g/mol. The van der Waals surface area contributed by atoms with Crippen molar-refractivity contribution in [2.24, 2.45) is 5.92 Å². The van der Waals surface area contributed by atoms with Crippen molar-refractivity contribution < 1.29 is 19.0 Å². The van der Waals surface area contributed by atoms with Gasteiger partial charge in [-0.3, -0.25) is 14.7 Å². The Morgan fingerprint density at radius 2 is 2.12 bits per heavy atom. The van der Waals surface area contributed by atoms with Crippen molar-refractivity contribution in [3.8, 4) is 0 Å². The number of aromatic amines is 2. The summed E-state index contributed by atoms with van der Waals surface area (Å²) in [5.41, 5.74) is -0.388. The molecule has 0 spiro atoms. The van der Waals surface area contributed by atoms with E-state index in [0.29, 0.717) is 16.8 Å². The predicted octanol–water partition coefficient (Wildman–Crippen LogP) is 1.63. The number of fused-ring (bicyclic) bond motifs is 1. The molecule has 6 nitrogen and oxygen atoms in total. The third-order valence-electron chi connectivity index (χ3n) is 4.57. The molecule has 132 valence electrons. The molecule has 3 N–H and O–H groups in total. The lowest BCUT2D eigenvalue weighted by atomic mass is 9.66. The van der Waals surface area contributed by atoms with E-state index in [0.717, 1.165) is 0 Å². The molecule has 7 heteroatoms. The first-order valence-corrected chi connectivity index (χ1v) is 7.90. The van der Waals surface area contributed by atoms with Gasteiger partial charge in [-0.25, -0.2) is 4.39 Å². The minimum absolute atomic E-state index is 0.00208. The second-order valence-electron chi connectivity index (χ2n) is 6.43. The summed E-state index contributed by atoms with van der Waals surface area (Å²) >= 11 is 0. The Morgan fingerprint density at radius 3 is 2.76 bits per heavy atom. The topological polar surface area (TPSA) is 95.2 Å². The largest absolute Gasteiger partial charge is 0.461 e. The van der Waals surface area contributed by atoms with Crippen molar-refractivity contribution in [2.75, 3.05) is 6.61 Å². The van der Waals surface area contributed by atoms with Gasteiger partial charge in [0.1, 0.15) is 12.4 Å². The summed E-state index contributed by atoms with van der Waals surface area (Å²) < 4.78 is 18.5. The van der Waals surface area contributed by atoms with Crippen LogP contribution in [0.4, 0.5) is 4.39 Å². The van der Waals surface area contributed by atoms with Crippen molar-refractivity contribution in [1.82, 2.24) is 10.2 Å². The first-order chi connectivity index (χ1) is 11.8. The molecule has 25 heavy (non-hydrogen) atoms. The first-order valence-electron chi connectivity index (χ1n) is 7.90. The number of aromatic nitrogens is 2. The lowest BCUT2D eigenvalue weighted by Crippen LogP contribution is -2.50. The number of hydrogen-bond acceptors (Lipinski definition) is 4. The molecule has 1 heterocycles. The molecule has 3 rings (SSSR count). The Bertz CT molecular complexity index is 851. The van der Waals surface area contributed by atoms with Crippen LogP contribution >= 0.6 is 0 Å². The smallest absolute Gasteiger partial charge is 0.313 e. The maximum absolute atomic E-state index is 13.3. The summed E-state index contributed by atoms with van der Waals surface area (Å²) in [6.45, 7) is 5.02. The van der Waals surface area contributed by atoms with Gasteiger partial charge in [0.15, 0.2) is 0 Å². The van der Waals surface area contributed by atoms with Gasteiger partial charge >= 0.3 is 5.97 Å². The number of nitrogens with one attached hydrogen (secondary N) is 2. The van der Waals surface area contributed by atoms with Crippen LogP contribution in [0, 0.1) is 11.7 Å². The van der Waals surface area contributed by atoms with Gasteiger partial charge in [-0.15, -0.1) is 0 Å². The number of H-pyrrole nitrogens is 2. The van der Waals surface area contributed by atoms with Crippen LogP contribution in [0.2, 0.25) is 0 Å². The average Bonchev–Trinajstić information content (AvgIpc) is 2.91. The summed E-state index contributed by atoms with van der Waals surface area (Å²) in [5, 5.41) is 16.2. The molecule has 1 aromatic heterocycles. The molecule has 2 aromatic rings. The summed E-state index contributed by atoms with van der Waals surface area (Å²) in [6.07, 6.45) is 1.52. The molecule has 0 bridgehead atoms. The quantitative estimate of drug-likeness (QED) is 0.579. The zero-order valence-electron chi connectivity index (χ0n) is 13.7. The molecule has 0 fully saturated rings. The van der Waals surface area contributed by atoms with E-state index >= 15 is 0 Å². The van der Waals surface area contributed by atoms with E-state index in [1.165, 1.54) is 37.3 Å². The van der Waals surface area contributed by atoms with E-state index in [2.05, 4.69) is 16.8 Å². The average molecular weight is 346 g/mol. The molecule has 0 amide bonds. The maximum Gasteiger partial charge on any atom is 0.313 e. The second-order valence-corrected chi connectivity index (χ2v) is 6.43. The van der Waals surface area contributed by atoms with Crippen LogP contribution in [0.5, 0.6) is 0 Å². The van der Waals surface area contributed by atoms with Crippen LogP contribution in [0.15, 0.2) is 41.7 Å². The Morgan fingerprint density at radius 1 is 1.44 bits per heavy atom. The van der Waals surface area contributed by atoms with E-state index in [4.69, 9.17) is 4.74 Å². The van der Waals surface area contributed by atoms with Crippen LogP contribution in [-0.2, 0) is 16.0 Å². The van der Waals surface area contributed by atoms with Gasteiger partial charge in [-0.05, 0) is 24.6 Å². The lowest BCUT2D eigenvalue weighted by Gasteiger charge is -2.40. The molecule has 0 radical (unpaired) electrons. The van der Waals surface area contributed by atoms with Crippen molar-refractivity contribution >= 4 is 5.97 Å². The Kier molecular flexibility index (Phi) is 4.34. The van der Waals surface area contributed by atoms with Gasteiger partial charge in [0, 0.05) is 23.6 Å². The summed E-state index contributed by atoms with van der Waals surface area (Å²) in [4.78, 5) is 24.9. The number of esters is 1. The number of rotatable bonds is 4. The number of hydrogen-bond donors (Lipinski definition) is 3. The summed E-state index contributed by atoms with van der Waals surface area (Å²) in [6, 6.07) is 5.52. The second kappa shape index (κ2) is 6.33. The molecular weight excluding hydrogens is 327 g/mol. The zero-order valence-corrected chi connectivity index (χ0v) is 13.7. The van der Waals surface area contributed by atoms with Crippen LogP contribution in [-0.4, -0.2) is 33.5 Å². The number of benzene rings is 1. The van der Waals surface area contributed by atoms with E-state index in [-0.39, 0.29) is 18.6 Å². The van der Waals surface area contributed by atoms with Gasteiger partial charge in [0.05, 0.1) is 11.5 Å². The molecule has 1 aromatic carbocycles. The fourth-order valence-electron chi connectivity index (χ4n) is 3.52. The van der Waals surface area contributed by atoms with E-state index in [1.807, 2.05) is 0 Å². The van der Waals surface area contributed by atoms with Gasteiger partial charge < -0.3 is 14.9 Å². The molecule has 3 atom stereocenters. The van der Waals surface area contributed by atoms with Gasteiger partial charge in [-0.2, -0.15) is 0 Å². The molecule has 0 saturated heterocycles. The zero-order chi connectivity index (χ0) is 18.2. The van der Waals surface area contributed by atoms with Gasteiger partial charge in [0.2, 0.25) is 0 Å². The Hall–Kier alpha value is -2.67. The number of aliphatic hydroxyl groups is 1. The van der Waals surface area contributed by atoms with Crippen molar-refractivity contribution in [2.45, 2.75) is 24.9 Å². The van der Waals surface area contributed by atoms with Gasteiger partial charge in [-0.1, -0.05) is 24.8 Å². The fraction of sp³-hybridized carbons (Fsp3) is 0.333. The van der Waals surface area contributed by atoms with Crippen molar-refractivity contribution in [3.63, 3.8) is 0 Å².